The maximum Gasteiger partial charge on any atom is 0.253 e. The van der Waals surface area contributed by atoms with Crippen molar-refractivity contribution in [3.05, 3.63) is 29.8 Å². The fraction of sp³-hybridized carbons (Fsp3) is 0.588. The van der Waals surface area contributed by atoms with Crippen molar-refractivity contribution in [1.82, 2.24) is 5.32 Å². The van der Waals surface area contributed by atoms with Crippen molar-refractivity contribution in [3.63, 3.8) is 0 Å². The first-order valence-corrected chi connectivity index (χ1v) is 7.76. The molecule has 1 fully saturated rings. The van der Waals surface area contributed by atoms with Gasteiger partial charge in [-0.3, -0.25) is 4.79 Å². The molecule has 1 aliphatic rings. The van der Waals surface area contributed by atoms with Gasteiger partial charge in [0.25, 0.3) is 5.91 Å². The maximum absolute atomic E-state index is 12.5. The number of hydrogen-bond acceptors (Lipinski definition) is 2. The zero-order valence-corrected chi connectivity index (χ0v) is 12.8. The van der Waals surface area contributed by atoms with Gasteiger partial charge in [0, 0.05) is 17.8 Å². The summed E-state index contributed by atoms with van der Waals surface area (Å²) in [6, 6.07) is 8.37. The Hall–Kier alpha value is -1.51. The topological polar surface area (TPSA) is 41.1 Å². The number of hydrogen-bond donors (Lipinski definition) is 2. The van der Waals surface area contributed by atoms with E-state index >= 15 is 0 Å². The van der Waals surface area contributed by atoms with Crippen LogP contribution < -0.4 is 10.6 Å². The predicted octanol–water partition coefficient (Wildman–Crippen LogP) is 3.82. The lowest BCUT2D eigenvalue weighted by atomic mass is 10.1. The SMILES string of the molecule is CCC(CC1CC1)NC(=O)c1ccccc1NC(C)C. The van der Waals surface area contributed by atoms with Crippen molar-refractivity contribution in [3.8, 4) is 0 Å². The summed E-state index contributed by atoms with van der Waals surface area (Å²) in [5, 5.41) is 6.53. The second-order valence-electron chi connectivity index (χ2n) is 6.10. The number of anilines is 1. The molecule has 0 aromatic heterocycles. The first kappa shape index (κ1) is 14.9. The molecule has 2 rings (SSSR count). The van der Waals surface area contributed by atoms with Gasteiger partial charge in [-0.2, -0.15) is 0 Å². The lowest BCUT2D eigenvalue weighted by molar-refractivity contribution is 0.0933. The van der Waals surface area contributed by atoms with Crippen LogP contribution in [0.25, 0.3) is 0 Å². The van der Waals surface area contributed by atoms with Gasteiger partial charge in [0.2, 0.25) is 0 Å². The molecule has 1 aromatic carbocycles. The van der Waals surface area contributed by atoms with E-state index in [-0.39, 0.29) is 5.91 Å². The molecule has 0 aliphatic heterocycles. The Morgan fingerprint density at radius 2 is 2.00 bits per heavy atom. The average Bonchev–Trinajstić information content (AvgIpc) is 3.21. The highest BCUT2D eigenvalue weighted by molar-refractivity contribution is 5.99. The summed E-state index contributed by atoms with van der Waals surface area (Å²) in [6.45, 7) is 6.30. The maximum atomic E-state index is 12.5. The fourth-order valence-corrected chi connectivity index (χ4v) is 2.46. The van der Waals surface area contributed by atoms with Gasteiger partial charge < -0.3 is 10.6 Å². The smallest absolute Gasteiger partial charge is 0.253 e. The standard InChI is InChI=1S/C17H26N2O/c1-4-14(11-13-9-10-13)19-17(20)15-7-5-6-8-16(15)18-12(2)3/h5-8,12-14,18H,4,9-11H2,1-3H3,(H,19,20). The molecule has 0 spiro atoms. The molecule has 0 saturated heterocycles. The minimum absolute atomic E-state index is 0.0428. The van der Waals surface area contributed by atoms with Crippen LogP contribution in [0.5, 0.6) is 0 Å². The zero-order chi connectivity index (χ0) is 14.5. The van der Waals surface area contributed by atoms with Gasteiger partial charge in [0.05, 0.1) is 5.56 Å². The molecule has 110 valence electrons. The van der Waals surface area contributed by atoms with Crippen LogP contribution in [-0.4, -0.2) is 18.0 Å². The van der Waals surface area contributed by atoms with E-state index < -0.39 is 0 Å². The summed E-state index contributed by atoms with van der Waals surface area (Å²) < 4.78 is 0. The van der Waals surface area contributed by atoms with E-state index in [4.69, 9.17) is 0 Å². The molecule has 20 heavy (non-hydrogen) atoms. The van der Waals surface area contributed by atoms with Crippen LogP contribution in [0.15, 0.2) is 24.3 Å². The number of rotatable bonds is 7. The van der Waals surface area contributed by atoms with Gasteiger partial charge in [-0.25, -0.2) is 0 Å². The van der Waals surface area contributed by atoms with E-state index in [9.17, 15) is 4.79 Å². The summed E-state index contributed by atoms with van der Waals surface area (Å²) >= 11 is 0. The molecule has 0 heterocycles. The predicted molar refractivity (Wildman–Crippen MR) is 84.1 cm³/mol. The van der Waals surface area contributed by atoms with Gasteiger partial charge in [-0.1, -0.05) is 31.9 Å². The third-order valence-electron chi connectivity index (χ3n) is 3.76. The highest BCUT2D eigenvalue weighted by Crippen LogP contribution is 2.34. The highest BCUT2D eigenvalue weighted by Gasteiger charge is 2.26. The van der Waals surface area contributed by atoms with E-state index in [1.807, 2.05) is 24.3 Å². The molecule has 3 nitrogen and oxygen atoms in total. The number of para-hydroxylation sites is 1. The number of benzene rings is 1. The molecule has 1 aliphatic carbocycles. The van der Waals surface area contributed by atoms with Crippen molar-refractivity contribution in [2.45, 2.75) is 58.5 Å². The van der Waals surface area contributed by atoms with E-state index in [0.717, 1.165) is 30.0 Å². The average molecular weight is 274 g/mol. The summed E-state index contributed by atoms with van der Waals surface area (Å²) in [4.78, 5) is 12.5. The molecule has 1 aromatic rings. The Labute approximate surface area is 122 Å². The van der Waals surface area contributed by atoms with Crippen LogP contribution in [0.3, 0.4) is 0 Å². The third kappa shape index (κ3) is 4.26. The first-order chi connectivity index (χ1) is 9.60. The monoisotopic (exact) mass is 274 g/mol. The molecule has 0 radical (unpaired) electrons. The third-order valence-corrected chi connectivity index (χ3v) is 3.76. The molecule has 1 amide bonds. The van der Waals surface area contributed by atoms with Crippen molar-refractivity contribution < 1.29 is 4.79 Å². The molecule has 1 unspecified atom stereocenters. The summed E-state index contributed by atoms with van der Waals surface area (Å²) in [6.07, 6.45) is 4.79. The van der Waals surface area contributed by atoms with Crippen molar-refractivity contribution >= 4 is 11.6 Å². The van der Waals surface area contributed by atoms with Crippen molar-refractivity contribution in [1.29, 1.82) is 0 Å². The number of amides is 1. The molecule has 0 bridgehead atoms. The largest absolute Gasteiger partial charge is 0.382 e. The van der Waals surface area contributed by atoms with Crippen LogP contribution in [0.2, 0.25) is 0 Å². The highest BCUT2D eigenvalue weighted by atomic mass is 16.1. The Bertz CT molecular complexity index is 452. The van der Waals surface area contributed by atoms with Crippen LogP contribution in [-0.2, 0) is 0 Å². The zero-order valence-electron chi connectivity index (χ0n) is 12.8. The van der Waals surface area contributed by atoms with Gasteiger partial charge >= 0.3 is 0 Å². The normalized spacial score (nSPS) is 16.0. The van der Waals surface area contributed by atoms with E-state index in [1.54, 1.807) is 0 Å². The van der Waals surface area contributed by atoms with Crippen LogP contribution in [0.1, 0.15) is 56.8 Å². The van der Waals surface area contributed by atoms with Crippen LogP contribution in [0, 0.1) is 5.92 Å². The number of carbonyl (C=O) groups excluding carboxylic acids is 1. The number of nitrogens with one attached hydrogen (secondary N) is 2. The molecule has 1 saturated carbocycles. The van der Waals surface area contributed by atoms with Crippen molar-refractivity contribution in [2.75, 3.05) is 5.32 Å². The Morgan fingerprint density at radius 3 is 2.60 bits per heavy atom. The van der Waals surface area contributed by atoms with Gasteiger partial charge in [-0.15, -0.1) is 0 Å². The lowest BCUT2D eigenvalue weighted by Gasteiger charge is -2.19. The molecule has 1 atom stereocenters. The molecule has 2 N–H and O–H groups in total. The van der Waals surface area contributed by atoms with Gasteiger partial charge in [0.1, 0.15) is 0 Å². The quantitative estimate of drug-likeness (QED) is 0.793. The second kappa shape index (κ2) is 6.78. The summed E-state index contributed by atoms with van der Waals surface area (Å²) in [5.41, 5.74) is 1.66. The van der Waals surface area contributed by atoms with E-state index in [2.05, 4.69) is 31.4 Å². The van der Waals surface area contributed by atoms with Gasteiger partial charge in [-0.05, 0) is 44.7 Å². The Balaban J connectivity index is 2.03. The molecular formula is C17H26N2O. The minimum atomic E-state index is 0.0428. The molecule has 3 heteroatoms. The van der Waals surface area contributed by atoms with Gasteiger partial charge in [0.15, 0.2) is 0 Å². The number of carbonyl (C=O) groups is 1. The Morgan fingerprint density at radius 1 is 1.30 bits per heavy atom. The van der Waals surface area contributed by atoms with Crippen LogP contribution in [0.4, 0.5) is 5.69 Å². The first-order valence-electron chi connectivity index (χ1n) is 7.76. The lowest BCUT2D eigenvalue weighted by Crippen LogP contribution is -2.35. The second-order valence-corrected chi connectivity index (χ2v) is 6.10. The summed E-state index contributed by atoms with van der Waals surface area (Å²) in [5.74, 6) is 0.880. The van der Waals surface area contributed by atoms with Crippen molar-refractivity contribution in [2.24, 2.45) is 5.92 Å². The molecular weight excluding hydrogens is 248 g/mol. The van der Waals surface area contributed by atoms with E-state index in [0.29, 0.717) is 12.1 Å². The van der Waals surface area contributed by atoms with E-state index in [1.165, 1.54) is 12.8 Å². The van der Waals surface area contributed by atoms with Crippen LogP contribution >= 0.6 is 0 Å². The Kier molecular flexibility index (Phi) is 5.05. The summed E-state index contributed by atoms with van der Waals surface area (Å²) in [7, 11) is 0. The minimum Gasteiger partial charge on any atom is -0.382 e. The fourth-order valence-electron chi connectivity index (χ4n) is 2.46.